The molecule has 1 unspecified atom stereocenters. The minimum absolute atomic E-state index is 0.201. The number of carboxylic acids is 1. The number of benzene rings is 2. The molecule has 0 aliphatic carbocycles. The summed E-state index contributed by atoms with van der Waals surface area (Å²) in [6.45, 7) is 6.42. The van der Waals surface area contributed by atoms with Gasteiger partial charge in [0.1, 0.15) is 5.75 Å². The maximum Gasteiger partial charge on any atom is 0.337 e. The minimum atomic E-state index is -0.759. The maximum absolute atomic E-state index is 13.0. The lowest BCUT2D eigenvalue weighted by Crippen LogP contribution is -2.49. The van der Waals surface area contributed by atoms with Crippen molar-refractivity contribution in [3.05, 3.63) is 75.8 Å². The Bertz CT molecular complexity index is 1160. The molecule has 2 aliphatic rings. The molecule has 4 rings (SSSR count). The predicted octanol–water partition coefficient (Wildman–Crippen LogP) is 4.03. The number of rotatable bonds is 11. The van der Waals surface area contributed by atoms with E-state index in [9.17, 15) is 14.4 Å². The average molecular weight is 525 g/mol. The highest BCUT2D eigenvalue weighted by atomic mass is 32.2. The van der Waals surface area contributed by atoms with Gasteiger partial charge in [-0.1, -0.05) is 31.2 Å². The first-order valence-electron chi connectivity index (χ1n) is 12.5. The molecule has 1 amide bonds. The van der Waals surface area contributed by atoms with Gasteiger partial charge in [0.2, 0.25) is 0 Å². The highest BCUT2D eigenvalue weighted by Gasteiger charge is 2.35. The molecule has 2 aliphatic heterocycles. The molecule has 9 heteroatoms. The number of carboxylic acid groups (broad SMARTS) is 1. The Morgan fingerprint density at radius 1 is 1.05 bits per heavy atom. The lowest BCUT2D eigenvalue weighted by molar-refractivity contribution is -0.147. The van der Waals surface area contributed by atoms with Crippen LogP contribution in [0.25, 0.3) is 0 Å². The first-order valence-corrected chi connectivity index (χ1v) is 13.5. The zero-order valence-electron chi connectivity index (χ0n) is 21.1. The Balaban J connectivity index is 1.44. The number of carbonyl (C=O) groups is 3. The van der Waals surface area contributed by atoms with Gasteiger partial charge in [-0.15, -0.1) is 11.8 Å². The zero-order chi connectivity index (χ0) is 26.4. The third kappa shape index (κ3) is 6.53. The second kappa shape index (κ2) is 12.3. The van der Waals surface area contributed by atoms with E-state index in [0.717, 1.165) is 23.3 Å². The smallest absolute Gasteiger partial charge is 0.337 e. The SMILES string of the molecule is CCCOc1ccc(C2CSC(NC(=O)c3ccc(CN4CC(C(=O)O)C4)cc3)=C2C(=O)OCC)cc1. The Morgan fingerprint density at radius 2 is 1.76 bits per heavy atom. The van der Waals surface area contributed by atoms with E-state index in [1.807, 2.05) is 36.4 Å². The van der Waals surface area contributed by atoms with Gasteiger partial charge in [0.15, 0.2) is 0 Å². The molecule has 37 heavy (non-hydrogen) atoms. The number of amides is 1. The lowest BCUT2D eigenvalue weighted by atomic mass is 9.93. The molecule has 0 radical (unpaired) electrons. The van der Waals surface area contributed by atoms with Crippen LogP contribution in [-0.4, -0.2) is 59.9 Å². The van der Waals surface area contributed by atoms with Gasteiger partial charge >= 0.3 is 11.9 Å². The number of nitrogens with zero attached hydrogens (tertiary/aromatic N) is 1. The summed E-state index contributed by atoms with van der Waals surface area (Å²) in [5.41, 5.74) is 2.91. The van der Waals surface area contributed by atoms with Crippen molar-refractivity contribution in [3.63, 3.8) is 0 Å². The summed E-state index contributed by atoms with van der Waals surface area (Å²) in [6, 6.07) is 14.9. The van der Waals surface area contributed by atoms with E-state index in [1.54, 1.807) is 19.1 Å². The normalized spacial score (nSPS) is 17.8. The van der Waals surface area contributed by atoms with E-state index < -0.39 is 11.9 Å². The van der Waals surface area contributed by atoms with E-state index in [0.29, 0.717) is 48.2 Å². The Morgan fingerprint density at radius 3 is 2.38 bits per heavy atom. The van der Waals surface area contributed by atoms with Crippen molar-refractivity contribution in [1.82, 2.24) is 10.2 Å². The van der Waals surface area contributed by atoms with Gasteiger partial charge in [0.05, 0.1) is 29.7 Å². The van der Waals surface area contributed by atoms with Crippen LogP contribution in [-0.2, 0) is 20.9 Å². The number of ether oxygens (including phenoxy) is 2. The number of hydrogen-bond donors (Lipinski definition) is 2. The van der Waals surface area contributed by atoms with Crippen LogP contribution in [0.15, 0.2) is 59.1 Å². The first-order chi connectivity index (χ1) is 17.9. The molecular formula is C28H32N2O6S. The molecule has 196 valence electrons. The fourth-order valence-corrected chi connectivity index (χ4v) is 5.60. The zero-order valence-corrected chi connectivity index (χ0v) is 21.9. The van der Waals surface area contributed by atoms with E-state index in [4.69, 9.17) is 14.6 Å². The van der Waals surface area contributed by atoms with Crippen LogP contribution in [0.4, 0.5) is 0 Å². The molecule has 2 heterocycles. The van der Waals surface area contributed by atoms with Crippen molar-refractivity contribution in [3.8, 4) is 5.75 Å². The molecule has 0 bridgehead atoms. The number of aliphatic carboxylic acids is 1. The van der Waals surface area contributed by atoms with Crippen LogP contribution in [0.1, 0.15) is 47.7 Å². The van der Waals surface area contributed by atoms with Crippen molar-refractivity contribution in [2.24, 2.45) is 5.92 Å². The highest BCUT2D eigenvalue weighted by Crippen LogP contribution is 2.42. The predicted molar refractivity (Wildman–Crippen MR) is 141 cm³/mol. The fraction of sp³-hybridized carbons (Fsp3) is 0.393. The molecular weight excluding hydrogens is 492 g/mol. The van der Waals surface area contributed by atoms with Gasteiger partial charge in [-0.3, -0.25) is 14.5 Å². The van der Waals surface area contributed by atoms with Gasteiger partial charge in [-0.05, 0) is 48.7 Å². The monoisotopic (exact) mass is 524 g/mol. The second-order valence-electron chi connectivity index (χ2n) is 9.12. The third-order valence-corrected chi connectivity index (χ3v) is 7.50. The van der Waals surface area contributed by atoms with E-state index in [2.05, 4.69) is 17.1 Å². The number of hydrogen-bond acceptors (Lipinski definition) is 7. The van der Waals surface area contributed by atoms with Gasteiger partial charge < -0.3 is 19.9 Å². The maximum atomic E-state index is 13.0. The summed E-state index contributed by atoms with van der Waals surface area (Å²) in [5, 5.41) is 12.5. The van der Waals surface area contributed by atoms with E-state index >= 15 is 0 Å². The average Bonchev–Trinajstić information content (AvgIpc) is 3.28. The summed E-state index contributed by atoms with van der Waals surface area (Å²) in [6.07, 6.45) is 0.925. The Hall–Kier alpha value is -3.30. The molecule has 8 nitrogen and oxygen atoms in total. The number of esters is 1. The fourth-order valence-electron chi connectivity index (χ4n) is 4.36. The number of carbonyl (C=O) groups excluding carboxylic acids is 2. The molecule has 2 aromatic rings. The standard InChI is InChI=1S/C28H32N2O6S/c1-3-13-36-22-11-9-19(10-12-22)23-17-37-26(24(23)28(34)35-4-2)29-25(31)20-7-5-18(6-8-20)14-30-15-21(16-30)27(32)33/h5-12,21,23H,3-4,13-17H2,1-2H3,(H,29,31)(H,32,33). The van der Waals surface area contributed by atoms with Crippen molar-refractivity contribution in [1.29, 1.82) is 0 Å². The molecule has 2 aromatic carbocycles. The van der Waals surface area contributed by atoms with Crippen molar-refractivity contribution < 1.29 is 29.0 Å². The van der Waals surface area contributed by atoms with Gasteiger partial charge in [-0.2, -0.15) is 0 Å². The summed E-state index contributed by atoms with van der Waals surface area (Å²) < 4.78 is 11.0. The summed E-state index contributed by atoms with van der Waals surface area (Å²) in [7, 11) is 0. The molecule has 1 saturated heterocycles. The number of nitrogens with one attached hydrogen (secondary N) is 1. The van der Waals surface area contributed by atoms with Crippen LogP contribution < -0.4 is 10.1 Å². The van der Waals surface area contributed by atoms with Crippen LogP contribution in [0.2, 0.25) is 0 Å². The van der Waals surface area contributed by atoms with Gasteiger partial charge in [0, 0.05) is 36.9 Å². The van der Waals surface area contributed by atoms with Crippen LogP contribution >= 0.6 is 11.8 Å². The Labute approximate surface area is 221 Å². The van der Waals surface area contributed by atoms with Crippen LogP contribution in [0, 0.1) is 5.92 Å². The number of thioether (sulfide) groups is 1. The molecule has 0 saturated carbocycles. The van der Waals surface area contributed by atoms with Gasteiger partial charge in [0.25, 0.3) is 5.91 Å². The number of likely N-dealkylation sites (tertiary alicyclic amines) is 1. The molecule has 1 atom stereocenters. The minimum Gasteiger partial charge on any atom is -0.494 e. The van der Waals surface area contributed by atoms with E-state index in [-0.39, 0.29) is 24.3 Å². The highest BCUT2D eigenvalue weighted by molar-refractivity contribution is 8.03. The van der Waals surface area contributed by atoms with Crippen molar-refractivity contribution in [2.75, 3.05) is 32.1 Å². The third-order valence-electron chi connectivity index (χ3n) is 6.39. The Kier molecular flexibility index (Phi) is 8.89. The molecule has 0 aromatic heterocycles. The van der Waals surface area contributed by atoms with Crippen LogP contribution in [0.3, 0.4) is 0 Å². The molecule has 1 fully saturated rings. The molecule has 0 spiro atoms. The van der Waals surface area contributed by atoms with Gasteiger partial charge in [-0.25, -0.2) is 4.79 Å². The van der Waals surface area contributed by atoms with Crippen molar-refractivity contribution >= 4 is 29.6 Å². The molecule has 2 N–H and O–H groups in total. The lowest BCUT2D eigenvalue weighted by Gasteiger charge is -2.36. The van der Waals surface area contributed by atoms with Crippen LogP contribution in [0.5, 0.6) is 5.75 Å². The summed E-state index contributed by atoms with van der Waals surface area (Å²) in [4.78, 5) is 39.0. The van der Waals surface area contributed by atoms with Crippen molar-refractivity contribution in [2.45, 2.75) is 32.7 Å². The summed E-state index contributed by atoms with van der Waals surface area (Å²) in [5.74, 6) is -0.584. The second-order valence-corrected chi connectivity index (χ2v) is 10.2. The summed E-state index contributed by atoms with van der Waals surface area (Å²) >= 11 is 1.43. The quantitative estimate of drug-likeness (QED) is 0.425. The first kappa shape index (κ1) is 26.8. The topological polar surface area (TPSA) is 105 Å². The largest absolute Gasteiger partial charge is 0.494 e. The van der Waals surface area contributed by atoms with E-state index in [1.165, 1.54) is 11.8 Å².